The van der Waals surface area contributed by atoms with E-state index in [2.05, 4.69) is 32.8 Å². The number of azo groups is 1. The van der Waals surface area contributed by atoms with E-state index in [1.165, 1.54) is 0 Å². The van der Waals surface area contributed by atoms with Crippen LogP contribution in [-0.2, 0) is 4.74 Å². The Balaban J connectivity index is 2.01. The first-order chi connectivity index (χ1) is 7.87. The van der Waals surface area contributed by atoms with Gasteiger partial charge in [0.2, 0.25) is 0 Å². The zero-order chi connectivity index (χ0) is 12.6. The van der Waals surface area contributed by atoms with Crippen molar-refractivity contribution in [2.75, 3.05) is 13.1 Å². The number of carbonyl (C=O) groups excluding carboxylic acids is 1. The third-order valence-corrected chi connectivity index (χ3v) is 3.55. The molecule has 0 aromatic carbocycles. The SMILES string of the molecule is CC(C)(C)OC(=O)N1CC[C@@H]2N=NC(I)=C2C1. The van der Waals surface area contributed by atoms with E-state index in [1.807, 2.05) is 20.8 Å². The van der Waals surface area contributed by atoms with Gasteiger partial charge in [-0.15, -0.1) is 5.11 Å². The number of rotatable bonds is 0. The van der Waals surface area contributed by atoms with Crippen molar-refractivity contribution in [3.05, 3.63) is 9.28 Å². The number of ether oxygens (including phenoxy) is 1. The summed E-state index contributed by atoms with van der Waals surface area (Å²) in [6.07, 6.45) is 0.587. The van der Waals surface area contributed by atoms with Gasteiger partial charge in [0, 0.05) is 12.1 Å². The summed E-state index contributed by atoms with van der Waals surface area (Å²) in [6.45, 7) is 6.90. The molecule has 1 amide bonds. The van der Waals surface area contributed by atoms with E-state index >= 15 is 0 Å². The van der Waals surface area contributed by atoms with Crippen LogP contribution >= 0.6 is 22.6 Å². The number of piperidine rings is 1. The molecule has 0 aromatic rings. The van der Waals surface area contributed by atoms with Gasteiger partial charge in [-0.2, -0.15) is 5.11 Å². The molecule has 0 spiro atoms. The zero-order valence-corrected chi connectivity index (χ0v) is 12.4. The number of halogens is 1. The molecule has 1 saturated heterocycles. The summed E-state index contributed by atoms with van der Waals surface area (Å²) in [6, 6.07) is 0.181. The third-order valence-electron chi connectivity index (χ3n) is 2.64. The summed E-state index contributed by atoms with van der Waals surface area (Å²) >= 11 is 2.17. The highest BCUT2D eigenvalue weighted by Gasteiger charge is 2.33. The van der Waals surface area contributed by atoms with Gasteiger partial charge in [-0.3, -0.25) is 0 Å². The molecule has 0 aliphatic carbocycles. The summed E-state index contributed by atoms with van der Waals surface area (Å²) in [5.41, 5.74) is 0.697. The van der Waals surface area contributed by atoms with Gasteiger partial charge in [0.25, 0.3) is 0 Å². The van der Waals surface area contributed by atoms with E-state index in [0.29, 0.717) is 13.1 Å². The fourth-order valence-electron chi connectivity index (χ4n) is 1.84. The monoisotopic (exact) mass is 349 g/mol. The van der Waals surface area contributed by atoms with Crippen molar-refractivity contribution in [1.29, 1.82) is 0 Å². The lowest BCUT2D eigenvalue weighted by molar-refractivity contribution is 0.0242. The Labute approximate surface area is 114 Å². The smallest absolute Gasteiger partial charge is 0.410 e. The van der Waals surface area contributed by atoms with Crippen molar-refractivity contribution >= 4 is 28.7 Å². The van der Waals surface area contributed by atoms with Crippen molar-refractivity contribution in [2.45, 2.75) is 38.8 Å². The van der Waals surface area contributed by atoms with Crippen molar-refractivity contribution in [3.63, 3.8) is 0 Å². The maximum atomic E-state index is 11.9. The van der Waals surface area contributed by atoms with Crippen LogP contribution in [0.25, 0.3) is 0 Å². The van der Waals surface area contributed by atoms with E-state index in [0.717, 1.165) is 15.7 Å². The molecule has 0 N–H and O–H groups in total. The van der Waals surface area contributed by atoms with Crippen molar-refractivity contribution in [3.8, 4) is 0 Å². The van der Waals surface area contributed by atoms with Crippen molar-refractivity contribution in [2.24, 2.45) is 10.2 Å². The van der Waals surface area contributed by atoms with Gasteiger partial charge in [0.05, 0.1) is 12.6 Å². The molecule has 1 atom stereocenters. The average Bonchev–Trinajstić information content (AvgIpc) is 2.57. The molecule has 0 saturated carbocycles. The molecule has 2 rings (SSSR count). The maximum Gasteiger partial charge on any atom is 0.410 e. The van der Waals surface area contributed by atoms with Crippen LogP contribution in [0.2, 0.25) is 0 Å². The van der Waals surface area contributed by atoms with Crippen LogP contribution < -0.4 is 0 Å². The fourth-order valence-corrected chi connectivity index (χ4v) is 2.49. The average molecular weight is 349 g/mol. The van der Waals surface area contributed by atoms with E-state index in [9.17, 15) is 4.79 Å². The molecule has 2 aliphatic heterocycles. The first kappa shape index (κ1) is 12.8. The fraction of sp³-hybridized carbons (Fsp3) is 0.727. The van der Waals surface area contributed by atoms with Gasteiger partial charge in [0.15, 0.2) is 0 Å². The number of hydrogen-bond acceptors (Lipinski definition) is 4. The Hall–Kier alpha value is -0.660. The third kappa shape index (κ3) is 2.97. The van der Waals surface area contributed by atoms with Gasteiger partial charge in [-0.05, 0) is 49.8 Å². The summed E-state index contributed by atoms with van der Waals surface area (Å²) in [7, 11) is 0. The maximum absolute atomic E-state index is 11.9. The molecular formula is C11H16IN3O2. The summed E-state index contributed by atoms with van der Waals surface area (Å²) in [4.78, 5) is 13.7. The molecule has 6 heteroatoms. The second-order valence-corrected chi connectivity index (χ2v) is 6.26. The molecule has 0 aromatic heterocycles. The van der Waals surface area contributed by atoms with Crippen LogP contribution in [0, 0.1) is 0 Å². The van der Waals surface area contributed by atoms with E-state index in [1.54, 1.807) is 4.90 Å². The van der Waals surface area contributed by atoms with Crippen LogP contribution in [0.3, 0.4) is 0 Å². The molecule has 1 fully saturated rings. The standard InChI is InChI=1S/C11H16IN3O2/c1-11(2,3)17-10(16)15-5-4-8-7(6-15)9(12)14-13-8/h8H,4-6H2,1-3H3/t8-/m0/s1. The molecule has 17 heavy (non-hydrogen) atoms. The van der Waals surface area contributed by atoms with E-state index in [-0.39, 0.29) is 12.1 Å². The molecule has 94 valence electrons. The van der Waals surface area contributed by atoms with Gasteiger partial charge in [0.1, 0.15) is 9.30 Å². The molecule has 0 bridgehead atoms. The molecule has 2 aliphatic rings. The quantitative estimate of drug-likeness (QED) is 0.498. The Morgan fingerprint density at radius 3 is 2.88 bits per heavy atom. The number of fused-ring (bicyclic) bond motifs is 1. The minimum Gasteiger partial charge on any atom is -0.444 e. The Kier molecular flexibility index (Phi) is 3.42. The Bertz CT molecular complexity index is 398. The normalized spacial score (nSPS) is 24.0. The first-order valence-electron chi connectivity index (χ1n) is 5.64. The van der Waals surface area contributed by atoms with Gasteiger partial charge < -0.3 is 9.64 Å². The topological polar surface area (TPSA) is 54.3 Å². The summed E-state index contributed by atoms with van der Waals surface area (Å²) in [5.74, 6) is 0. The molecular weight excluding hydrogens is 333 g/mol. The lowest BCUT2D eigenvalue weighted by atomic mass is 10.0. The number of carbonyl (C=O) groups is 1. The van der Waals surface area contributed by atoms with Gasteiger partial charge >= 0.3 is 6.09 Å². The Morgan fingerprint density at radius 1 is 1.53 bits per heavy atom. The highest BCUT2D eigenvalue weighted by molar-refractivity contribution is 14.1. The molecule has 2 heterocycles. The highest BCUT2D eigenvalue weighted by atomic mass is 127. The van der Waals surface area contributed by atoms with Gasteiger partial charge in [-0.25, -0.2) is 4.79 Å². The molecule has 0 radical (unpaired) electrons. The highest BCUT2D eigenvalue weighted by Crippen LogP contribution is 2.32. The number of nitrogens with zero attached hydrogens (tertiary/aromatic N) is 3. The van der Waals surface area contributed by atoms with Crippen LogP contribution in [0.15, 0.2) is 19.5 Å². The number of hydrogen-bond donors (Lipinski definition) is 0. The zero-order valence-electron chi connectivity index (χ0n) is 10.2. The van der Waals surface area contributed by atoms with E-state index < -0.39 is 5.60 Å². The minimum absolute atomic E-state index is 0.181. The Morgan fingerprint density at radius 2 is 2.24 bits per heavy atom. The second-order valence-electron chi connectivity index (χ2n) is 5.24. The van der Waals surface area contributed by atoms with Gasteiger partial charge in [-0.1, -0.05) is 0 Å². The van der Waals surface area contributed by atoms with E-state index in [4.69, 9.17) is 4.74 Å². The lowest BCUT2D eigenvalue weighted by Crippen LogP contribution is -2.43. The van der Waals surface area contributed by atoms with Crippen molar-refractivity contribution < 1.29 is 9.53 Å². The first-order valence-corrected chi connectivity index (χ1v) is 6.72. The van der Waals surface area contributed by atoms with Crippen LogP contribution in [0.4, 0.5) is 4.79 Å². The molecule has 0 unspecified atom stereocenters. The predicted octanol–water partition coefficient (Wildman–Crippen LogP) is 3.11. The number of amides is 1. The molecule has 5 nitrogen and oxygen atoms in total. The van der Waals surface area contributed by atoms with Crippen LogP contribution in [-0.4, -0.2) is 35.7 Å². The lowest BCUT2D eigenvalue weighted by Gasteiger charge is -2.32. The largest absolute Gasteiger partial charge is 0.444 e. The predicted molar refractivity (Wildman–Crippen MR) is 72.1 cm³/mol. The minimum atomic E-state index is -0.445. The van der Waals surface area contributed by atoms with Crippen molar-refractivity contribution in [1.82, 2.24) is 4.90 Å². The number of likely N-dealkylation sites (tertiary alicyclic amines) is 1. The second kappa shape index (κ2) is 4.55. The van der Waals surface area contributed by atoms with Crippen LogP contribution in [0.5, 0.6) is 0 Å². The van der Waals surface area contributed by atoms with Crippen LogP contribution in [0.1, 0.15) is 27.2 Å². The summed E-state index contributed by atoms with van der Waals surface area (Å²) < 4.78 is 6.28. The summed E-state index contributed by atoms with van der Waals surface area (Å²) in [5, 5.41) is 8.23.